The van der Waals surface area contributed by atoms with Crippen molar-refractivity contribution >= 4 is 28.6 Å². The first kappa shape index (κ1) is 24.1. The molecular weight excluding hydrogens is 400 g/mol. The molecule has 0 atom stereocenters. The minimum atomic E-state index is -0.711. The molecule has 0 aromatic carbocycles. The molecule has 0 radical (unpaired) electrons. The van der Waals surface area contributed by atoms with E-state index in [-0.39, 0.29) is 12.0 Å². The standard InChI is InChI=1S/C24H36O3S2/c1-23(2,17-25)15-5-7-18-9-11-20(28-18)13-14-21-12-10-19(29-21)8-6-16-24(3,4)22(26)27/h9-12,25H,5-8,13-17H2,1-4H3,(H,26,27). The lowest BCUT2D eigenvalue weighted by Crippen LogP contribution is -2.23. The smallest absolute Gasteiger partial charge is 0.309 e. The SMILES string of the molecule is CC(C)(CO)CCCc1ccc(CCc2ccc(CCCC(C)(C)C(=O)O)s2)s1. The maximum absolute atomic E-state index is 11.2. The van der Waals surface area contributed by atoms with Gasteiger partial charge in [0.05, 0.1) is 5.41 Å². The van der Waals surface area contributed by atoms with Crippen LogP contribution in [0.25, 0.3) is 0 Å². The van der Waals surface area contributed by atoms with E-state index in [1.54, 1.807) is 13.8 Å². The van der Waals surface area contributed by atoms with Gasteiger partial charge in [0.1, 0.15) is 0 Å². The summed E-state index contributed by atoms with van der Waals surface area (Å²) in [5.41, 5.74) is -0.606. The van der Waals surface area contributed by atoms with Gasteiger partial charge in [-0.2, -0.15) is 0 Å². The van der Waals surface area contributed by atoms with E-state index in [2.05, 4.69) is 38.1 Å². The number of carboxylic acid groups (broad SMARTS) is 1. The predicted octanol–water partition coefficient (Wildman–Crippen LogP) is 6.37. The normalized spacial score (nSPS) is 12.4. The van der Waals surface area contributed by atoms with Crippen molar-refractivity contribution in [3.05, 3.63) is 43.8 Å². The molecule has 0 aliphatic rings. The molecular formula is C24H36O3S2. The van der Waals surface area contributed by atoms with E-state index in [1.807, 2.05) is 22.7 Å². The number of hydrogen-bond acceptors (Lipinski definition) is 4. The van der Waals surface area contributed by atoms with Crippen molar-refractivity contribution < 1.29 is 15.0 Å². The molecule has 0 amide bonds. The summed E-state index contributed by atoms with van der Waals surface area (Å²) in [6, 6.07) is 8.96. The summed E-state index contributed by atoms with van der Waals surface area (Å²) >= 11 is 3.79. The molecule has 2 rings (SSSR count). The molecule has 3 nitrogen and oxygen atoms in total. The van der Waals surface area contributed by atoms with Crippen LogP contribution in [0.2, 0.25) is 0 Å². The fraction of sp³-hybridized carbons (Fsp3) is 0.625. The van der Waals surface area contributed by atoms with Gasteiger partial charge in [-0.1, -0.05) is 13.8 Å². The molecule has 29 heavy (non-hydrogen) atoms. The molecule has 2 aromatic rings. The highest BCUT2D eigenvalue weighted by atomic mass is 32.1. The van der Waals surface area contributed by atoms with E-state index in [9.17, 15) is 15.0 Å². The first-order valence-electron chi connectivity index (χ1n) is 10.6. The Hall–Kier alpha value is -1.17. The number of aliphatic hydroxyl groups excluding tert-OH is 1. The molecule has 5 heteroatoms. The van der Waals surface area contributed by atoms with Crippen molar-refractivity contribution in [1.29, 1.82) is 0 Å². The molecule has 0 saturated heterocycles. The molecule has 162 valence electrons. The Morgan fingerprint density at radius 2 is 1.21 bits per heavy atom. The molecule has 0 spiro atoms. The number of carbonyl (C=O) groups is 1. The molecule has 2 aromatic heterocycles. The van der Waals surface area contributed by atoms with Gasteiger partial charge in [0.25, 0.3) is 0 Å². The molecule has 0 unspecified atom stereocenters. The third-order valence-electron chi connectivity index (χ3n) is 5.56. The van der Waals surface area contributed by atoms with E-state index < -0.39 is 11.4 Å². The number of thiophene rings is 2. The van der Waals surface area contributed by atoms with Gasteiger partial charge < -0.3 is 10.2 Å². The van der Waals surface area contributed by atoms with Crippen LogP contribution in [-0.4, -0.2) is 22.8 Å². The van der Waals surface area contributed by atoms with Gasteiger partial charge in [-0.25, -0.2) is 0 Å². The van der Waals surface area contributed by atoms with Crippen LogP contribution < -0.4 is 0 Å². The first-order valence-corrected chi connectivity index (χ1v) is 12.2. The summed E-state index contributed by atoms with van der Waals surface area (Å²) in [5, 5.41) is 18.6. The zero-order valence-corrected chi connectivity index (χ0v) is 19.9. The molecule has 2 heterocycles. The Morgan fingerprint density at radius 3 is 1.62 bits per heavy atom. The fourth-order valence-corrected chi connectivity index (χ4v) is 5.38. The average molecular weight is 437 g/mol. The van der Waals surface area contributed by atoms with Crippen molar-refractivity contribution in [1.82, 2.24) is 0 Å². The maximum Gasteiger partial charge on any atom is 0.309 e. The fourth-order valence-electron chi connectivity index (χ4n) is 3.26. The number of hydrogen-bond donors (Lipinski definition) is 2. The van der Waals surface area contributed by atoms with Crippen molar-refractivity contribution in [2.75, 3.05) is 6.61 Å². The van der Waals surface area contributed by atoms with Crippen LogP contribution in [0.5, 0.6) is 0 Å². The van der Waals surface area contributed by atoms with Crippen LogP contribution in [0.1, 0.15) is 72.9 Å². The largest absolute Gasteiger partial charge is 0.481 e. The summed E-state index contributed by atoms with van der Waals surface area (Å²) in [7, 11) is 0. The van der Waals surface area contributed by atoms with E-state index in [1.165, 1.54) is 19.5 Å². The van der Waals surface area contributed by atoms with Gasteiger partial charge in [-0.3, -0.25) is 4.79 Å². The highest BCUT2D eigenvalue weighted by Gasteiger charge is 2.26. The Bertz CT molecular complexity index is 771. The average Bonchev–Trinajstić information content (AvgIpc) is 3.29. The van der Waals surface area contributed by atoms with Gasteiger partial charge >= 0.3 is 5.97 Å². The highest BCUT2D eigenvalue weighted by Crippen LogP contribution is 2.28. The predicted molar refractivity (Wildman–Crippen MR) is 124 cm³/mol. The number of rotatable bonds is 13. The van der Waals surface area contributed by atoms with Gasteiger partial charge in [-0.15, -0.1) is 22.7 Å². The van der Waals surface area contributed by atoms with Crippen molar-refractivity contribution in [3.8, 4) is 0 Å². The van der Waals surface area contributed by atoms with E-state index in [4.69, 9.17) is 0 Å². The second-order valence-corrected chi connectivity index (χ2v) is 12.0. The molecule has 0 aliphatic carbocycles. The monoisotopic (exact) mass is 436 g/mol. The lowest BCUT2D eigenvalue weighted by molar-refractivity contribution is -0.147. The van der Waals surface area contributed by atoms with Gasteiger partial charge in [0.2, 0.25) is 0 Å². The molecule has 0 saturated carbocycles. The third kappa shape index (κ3) is 8.23. The second kappa shape index (κ2) is 10.7. The van der Waals surface area contributed by atoms with E-state index in [0.717, 1.165) is 44.9 Å². The van der Waals surface area contributed by atoms with Crippen LogP contribution in [-0.2, 0) is 30.5 Å². The summed E-state index contributed by atoms with van der Waals surface area (Å²) in [4.78, 5) is 16.9. The van der Waals surface area contributed by atoms with E-state index >= 15 is 0 Å². The van der Waals surface area contributed by atoms with Gasteiger partial charge in [-0.05, 0) is 94.9 Å². The quantitative estimate of drug-likeness (QED) is 0.383. The van der Waals surface area contributed by atoms with Crippen molar-refractivity contribution in [3.63, 3.8) is 0 Å². The topological polar surface area (TPSA) is 57.5 Å². The first-order chi connectivity index (χ1) is 13.6. The number of aryl methyl sites for hydroxylation is 4. The Morgan fingerprint density at radius 1 is 0.793 bits per heavy atom. The van der Waals surface area contributed by atoms with Gasteiger partial charge in [0.15, 0.2) is 0 Å². The lowest BCUT2D eigenvalue weighted by Gasteiger charge is -2.20. The Labute approximate surface area is 183 Å². The van der Waals surface area contributed by atoms with E-state index in [0.29, 0.717) is 6.42 Å². The number of aliphatic carboxylic acids is 1. The van der Waals surface area contributed by atoms with Crippen LogP contribution in [0.3, 0.4) is 0 Å². The second-order valence-electron chi connectivity index (χ2n) is 9.45. The van der Waals surface area contributed by atoms with Crippen LogP contribution in [0, 0.1) is 10.8 Å². The minimum Gasteiger partial charge on any atom is -0.481 e. The zero-order chi connectivity index (χ0) is 21.5. The van der Waals surface area contributed by atoms with Crippen LogP contribution in [0.15, 0.2) is 24.3 Å². The zero-order valence-electron chi connectivity index (χ0n) is 18.3. The summed E-state index contributed by atoms with van der Waals surface area (Å²) in [6.45, 7) is 8.10. The lowest BCUT2D eigenvalue weighted by atomic mass is 9.87. The third-order valence-corrected chi connectivity index (χ3v) is 7.97. The van der Waals surface area contributed by atoms with Crippen LogP contribution in [0.4, 0.5) is 0 Å². The molecule has 0 bridgehead atoms. The summed E-state index contributed by atoms with van der Waals surface area (Å²) in [6.07, 6.45) is 8.03. The summed E-state index contributed by atoms with van der Waals surface area (Å²) < 4.78 is 0. The molecule has 0 aliphatic heterocycles. The van der Waals surface area contributed by atoms with Crippen LogP contribution >= 0.6 is 22.7 Å². The summed E-state index contributed by atoms with van der Waals surface area (Å²) in [5.74, 6) is -0.711. The number of carboxylic acids is 1. The molecule has 2 N–H and O–H groups in total. The number of aliphatic hydroxyl groups is 1. The Balaban J connectivity index is 1.73. The van der Waals surface area contributed by atoms with Gasteiger partial charge in [0, 0.05) is 26.1 Å². The van der Waals surface area contributed by atoms with Crippen molar-refractivity contribution in [2.24, 2.45) is 10.8 Å². The maximum atomic E-state index is 11.2. The highest BCUT2D eigenvalue weighted by molar-refractivity contribution is 7.12. The van der Waals surface area contributed by atoms with Crippen molar-refractivity contribution in [2.45, 2.75) is 79.1 Å². The minimum absolute atomic E-state index is 0.0281. The Kier molecular flexibility index (Phi) is 8.92. The molecule has 0 fully saturated rings.